The molecule has 0 atom stereocenters. The number of imide groups is 1. The Labute approximate surface area is 196 Å². The highest BCUT2D eigenvalue weighted by Crippen LogP contribution is 2.33. The highest BCUT2D eigenvalue weighted by atomic mass is 32.2. The van der Waals surface area contributed by atoms with Crippen LogP contribution in [0.25, 0.3) is 17.4 Å². The number of thioether (sulfide) groups is 1. The standard InChI is InChI=1S/C24H16F2N2O5S/c1-13(29)14-2-4-15(5-3-14)20-9-7-17(33-20)11-21-23(31)28(24(32)34-21)12-22(30)27-19-8-6-16(25)10-18(19)26/h2-11H,12H2,1H3,(H,27,30). The van der Waals surface area contributed by atoms with E-state index >= 15 is 0 Å². The molecule has 0 spiro atoms. The van der Waals surface area contributed by atoms with E-state index in [1.807, 2.05) is 0 Å². The van der Waals surface area contributed by atoms with E-state index < -0.39 is 35.2 Å². The molecule has 3 amide bonds. The number of Topliss-reactive ketones (excluding diaryl/α,β-unsaturated/α-hetero) is 1. The fraction of sp³-hybridized carbons (Fsp3) is 0.0833. The molecule has 1 aliphatic heterocycles. The molecule has 1 N–H and O–H groups in total. The molecule has 4 rings (SSSR count). The Hall–Kier alpha value is -4.05. The zero-order chi connectivity index (χ0) is 24.4. The zero-order valence-electron chi connectivity index (χ0n) is 17.6. The number of rotatable bonds is 6. The molecule has 1 fully saturated rings. The normalized spacial score (nSPS) is 14.7. The van der Waals surface area contributed by atoms with Crippen LogP contribution in [0.4, 0.5) is 19.3 Å². The highest BCUT2D eigenvalue weighted by molar-refractivity contribution is 8.18. The van der Waals surface area contributed by atoms with E-state index in [4.69, 9.17) is 4.42 Å². The molecule has 0 unspecified atom stereocenters. The maximum Gasteiger partial charge on any atom is 0.294 e. The second-order valence-corrected chi connectivity index (χ2v) is 8.27. The molecule has 0 radical (unpaired) electrons. The lowest BCUT2D eigenvalue weighted by atomic mass is 10.1. The second kappa shape index (κ2) is 9.44. The van der Waals surface area contributed by atoms with Gasteiger partial charge in [-0.05, 0) is 43.0 Å². The van der Waals surface area contributed by atoms with Gasteiger partial charge in [-0.2, -0.15) is 0 Å². The van der Waals surface area contributed by atoms with Gasteiger partial charge < -0.3 is 9.73 Å². The van der Waals surface area contributed by atoms with Gasteiger partial charge in [0, 0.05) is 23.3 Å². The third-order valence-corrected chi connectivity index (χ3v) is 5.76. The Morgan fingerprint density at radius 1 is 1.06 bits per heavy atom. The lowest BCUT2D eigenvalue weighted by Crippen LogP contribution is -2.36. The van der Waals surface area contributed by atoms with E-state index in [0.29, 0.717) is 34.9 Å². The predicted molar refractivity (Wildman–Crippen MR) is 122 cm³/mol. The number of anilines is 1. The van der Waals surface area contributed by atoms with Crippen LogP contribution in [0.3, 0.4) is 0 Å². The quantitative estimate of drug-likeness (QED) is 0.388. The summed E-state index contributed by atoms with van der Waals surface area (Å²) in [5.74, 6) is -2.54. The molecule has 7 nitrogen and oxygen atoms in total. The van der Waals surface area contributed by atoms with Gasteiger partial charge in [0.2, 0.25) is 5.91 Å². The third-order valence-electron chi connectivity index (χ3n) is 4.86. The van der Waals surface area contributed by atoms with Crippen LogP contribution in [0.5, 0.6) is 0 Å². The first-order valence-electron chi connectivity index (χ1n) is 9.93. The van der Waals surface area contributed by atoms with Crippen molar-refractivity contribution in [1.82, 2.24) is 4.90 Å². The molecular weight excluding hydrogens is 466 g/mol. The monoisotopic (exact) mass is 482 g/mol. The van der Waals surface area contributed by atoms with Crippen molar-refractivity contribution in [2.24, 2.45) is 0 Å². The summed E-state index contributed by atoms with van der Waals surface area (Å²) in [6.07, 6.45) is 1.38. The summed E-state index contributed by atoms with van der Waals surface area (Å²) in [5, 5.41) is 1.54. The van der Waals surface area contributed by atoms with Gasteiger partial charge in [-0.15, -0.1) is 0 Å². The molecule has 2 aromatic carbocycles. The number of carbonyl (C=O) groups excluding carboxylic acids is 4. The van der Waals surface area contributed by atoms with Crippen molar-refractivity contribution < 1.29 is 32.4 Å². The van der Waals surface area contributed by atoms with Crippen LogP contribution in [0.1, 0.15) is 23.0 Å². The van der Waals surface area contributed by atoms with Crippen molar-refractivity contribution in [3.05, 3.63) is 82.5 Å². The fourth-order valence-electron chi connectivity index (χ4n) is 3.14. The van der Waals surface area contributed by atoms with Gasteiger partial charge in [-0.25, -0.2) is 8.78 Å². The molecule has 1 aromatic heterocycles. The summed E-state index contributed by atoms with van der Waals surface area (Å²) in [4.78, 5) is 49.3. The third kappa shape index (κ3) is 4.96. The van der Waals surface area contributed by atoms with Gasteiger partial charge in [0.15, 0.2) is 5.78 Å². The van der Waals surface area contributed by atoms with Crippen LogP contribution < -0.4 is 5.32 Å². The molecule has 34 heavy (non-hydrogen) atoms. The summed E-state index contributed by atoms with van der Waals surface area (Å²) in [6, 6.07) is 12.7. The first-order chi connectivity index (χ1) is 16.2. The second-order valence-electron chi connectivity index (χ2n) is 7.28. The largest absolute Gasteiger partial charge is 0.457 e. The number of benzene rings is 2. The first-order valence-corrected chi connectivity index (χ1v) is 10.7. The Balaban J connectivity index is 1.44. The zero-order valence-corrected chi connectivity index (χ0v) is 18.4. The number of hydrogen-bond acceptors (Lipinski definition) is 6. The van der Waals surface area contributed by atoms with Gasteiger partial charge in [0.1, 0.15) is 29.7 Å². The topological polar surface area (TPSA) is 96.7 Å². The number of halogens is 2. The van der Waals surface area contributed by atoms with Crippen molar-refractivity contribution >= 4 is 46.4 Å². The van der Waals surface area contributed by atoms with E-state index in [1.165, 1.54) is 13.0 Å². The number of amides is 3. The lowest BCUT2D eigenvalue weighted by molar-refractivity contribution is -0.127. The molecule has 0 aliphatic carbocycles. The SMILES string of the molecule is CC(=O)c1ccc(-c2ccc(C=C3SC(=O)N(CC(=O)Nc4ccc(F)cc4F)C3=O)o2)cc1. The van der Waals surface area contributed by atoms with Crippen molar-refractivity contribution in [3.63, 3.8) is 0 Å². The van der Waals surface area contributed by atoms with Gasteiger partial charge in [-0.3, -0.25) is 24.1 Å². The summed E-state index contributed by atoms with van der Waals surface area (Å²) < 4.78 is 32.4. The minimum absolute atomic E-state index is 0.0543. The Bertz CT molecular complexity index is 1350. The molecule has 0 bridgehead atoms. The minimum Gasteiger partial charge on any atom is -0.457 e. The van der Waals surface area contributed by atoms with Gasteiger partial charge in [0.25, 0.3) is 11.1 Å². The van der Waals surface area contributed by atoms with Gasteiger partial charge >= 0.3 is 0 Å². The lowest BCUT2D eigenvalue weighted by Gasteiger charge is -2.12. The molecule has 1 aliphatic rings. The van der Waals surface area contributed by atoms with Crippen LogP contribution >= 0.6 is 11.8 Å². The van der Waals surface area contributed by atoms with E-state index in [2.05, 4.69) is 5.32 Å². The van der Waals surface area contributed by atoms with Crippen molar-refractivity contribution in [1.29, 1.82) is 0 Å². The number of ketones is 1. The molecule has 3 aromatic rings. The molecule has 2 heterocycles. The maximum absolute atomic E-state index is 13.7. The highest BCUT2D eigenvalue weighted by Gasteiger charge is 2.36. The molecule has 10 heteroatoms. The maximum atomic E-state index is 13.7. The van der Waals surface area contributed by atoms with Crippen LogP contribution in [0.15, 0.2) is 63.9 Å². The molecule has 1 saturated heterocycles. The summed E-state index contributed by atoms with van der Waals surface area (Å²) >= 11 is 0.638. The van der Waals surface area contributed by atoms with E-state index in [1.54, 1.807) is 36.4 Å². The Morgan fingerprint density at radius 2 is 1.79 bits per heavy atom. The number of nitrogens with zero attached hydrogens (tertiary/aromatic N) is 1. The molecule has 172 valence electrons. The number of hydrogen-bond donors (Lipinski definition) is 1. The number of carbonyl (C=O) groups is 4. The first kappa shape index (κ1) is 23.1. The number of nitrogens with one attached hydrogen (secondary N) is 1. The minimum atomic E-state index is -0.980. The fourth-order valence-corrected chi connectivity index (χ4v) is 3.96. The molecule has 0 saturated carbocycles. The van der Waals surface area contributed by atoms with Crippen LogP contribution in [-0.4, -0.2) is 34.3 Å². The predicted octanol–water partition coefficient (Wildman–Crippen LogP) is 5.10. The average Bonchev–Trinajstić information content (AvgIpc) is 3.36. The van der Waals surface area contributed by atoms with Crippen LogP contribution in [0, 0.1) is 11.6 Å². The number of furan rings is 1. The van der Waals surface area contributed by atoms with Crippen molar-refractivity contribution in [3.8, 4) is 11.3 Å². The summed E-state index contributed by atoms with van der Waals surface area (Å²) in [5.41, 5.74) is 1.02. The summed E-state index contributed by atoms with van der Waals surface area (Å²) in [6.45, 7) is 0.836. The van der Waals surface area contributed by atoms with E-state index in [-0.39, 0.29) is 16.4 Å². The van der Waals surface area contributed by atoms with Crippen LogP contribution in [-0.2, 0) is 9.59 Å². The van der Waals surface area contributed by atoms with E-state index in [9.17, 15) is 28.0 Å². The van der Waals surface area contributed by atoms with Gasteiger partial charge in [0.05, 0.1) is 10.6 Å². The molecular formula is C24H16F2N2O5S. The Morgan fingerprint density at radius 3 is 2.47 bits per heavy atom. The summed E-state index contributed by atoms with van der Waals surface area (Å²) in [7, 11) is 0. The van der Waals surface area contributed by atoms with Gasteiger partial charge in [-0.1, -0.05) is 24.3 Å². The average molecular weight is 482 g/mol. The Kier molecular flexibility index (Phi) is 6.42. The van der Waals surface area contributed by atoms with Crippen molar-refractivity contribution in [2.45, 2.75) is 6.92 Å². The van der Waals surface area contributed by atoms with Crippen molar-refractivity contribution in [2.75, 3.05) is 11.9 Å². The van der Waals surface area contributed by atoms with Crippen LogP contribution in [0.2, 0.25) is 0 Å². The van der Waals surface area contributed by atoms with E-state index in [0.717, 1.165) is 22.6 Å². The smallest absolute Gasteiger partial charge is 0.294 e.